The van der Waals surface area contributed by atoms with Gasteiger partial charge >= 0.3 is 12.2 Å². The number of carbonyl (C=O) groups excluding carboxylic acids is 1. The molecule has 1 aliphatic heterocycles. The van der Waals surface area contributed by atoms with Gasteiger partial charge in [-0.05, 0) is 6.42 Å². The second-order valence-electron chi connectivity index (χ2n) is 5.56. The number of rotatable bonds is 4. The molecule has 1 amide bonds. The summed E-state index contributed by atoms with van der Waals surface area (Å²) in [5.74, 6) is -1.12. The van der Waals surface area contributed by atoms with Gasteiger partial charge < -0.3 is 14.6 Å². The number of aryl methyl sites for hydroxylation is 1. The summed E-state index contributed by atoms with van der Waals surface area (Å²) in [6, 6.07) is 0.126. The summed E-state index contributed by atoms with van der Waals surface area (Å²) in [7, 11) is 1.40. The molecule has 0 fully saturated rings. The van der Waals surface area contributed by atoms with Crippen LogP contribution in [-0.4, -0.2) is 43.9 Å². The van der Waals surface area contributed by atoms with Gasteiger partial charge in [-0.15, -0.1) is 10.2 Å². The molecule has 0 saturated heterocycles. The van der Waals surface area contributed by atoms with Crippen LogP contribution in [-0.2, 0) is 19.5 Å². The number of hydrogen-bond donors (Lipinski definition) is 1. The zero-order valence-electron chi connectivity index (χ0n) is 13.2. The number of amides is 1. The lowest BCUT2D eigenvalue weighted by atomic mass is 9.99. The van der Waals surface area contributed by atoms with E-state index in [0.29, 0.717) is 5.82 Å². The van der Waals surface area contributed by atoms with E-state index in [4.69, 9.17) is 4.74 Å². The van der Waals surface area contributed by atoms with Gasteiger partial charge in [0.25, 0.3) is 5.91 Å². The van der Waals surface area contributed by atoms with Crippen LogP contribution in [0.1, 0.15) is 28.4 Å². The van der Waals surface area contributed by atoms with E-state index in [1.165, 1.54) is 24.1 Å². The molecular formula is C14H15F3N6O2. The second-order valence-corrected chi connectivity index (χ2v) is 5.56. The van der Waals surface area contributed by atoms with E-state index in [1.807, 2.05) is 0 Å². The number of nitrogens with zero attached hydrogens (tertiary/aromatic N) is 5. The molecule has 0 saturated carbocycles. The summed E-state index contributed by atoms with van der Waals surface area (Å²) in [6.07, 6.45) is -1.47. The van der Waals surface area contributed by atoms with Crippen molar-refractivity contribution in [3.05, 3.63) is 29.6 Å². The average molecular weight is 356 g/mol. The molecule has 0 radical (unpaired) electrons. The highest BCUT2D eigenvalue weighted by Crippen LogP contribution is 2.34. The van der Waals surface area contributed by atoms with Crippen LogP contribution in [0.5, 0.6) is 6.01 Å². The maximum atomic E-state index is 12.9. The molecule has 8 nitrogen and oxygen atoms in total. The largest absolute Gasteiger partial charge is 0.467 e. The summed E-state index contributed by atoms with van der Waals surface area (Å²) in [6.45, 7) is -0.273. The molecule has 1 aliphatic rings. The van der Waals surface area contributed by atoms with Gasteiger partial charge in [-0.3, -0.25) is 4.79 Å². The van der Waals surface area contributed by atoms with Gasteiger partial charge in [0.15, 0.2) is 5.82 Å². The summed E-state index contributed by atoms with van der Waals surface area (Å²) >= 11 is 0. The molecule has 11 heteroatoms. The van der Waals surface area contributed by atoms with Crippen molar-refractivity contribution in [1.29, 1.82) is 0 Å². The van der Waals surface area contributed by atoms with Gasteiger partial charge in [-0.1, -0.05) is 0 Å². The Morgan fingerprint density at radius 2 is 2.08 bits per heavy atom. The SMILES string of the molecule is COc1ncc(C(=O)NCc2nnc3n2C[C@H](C(F)(F)F)CC3)cn1. The minimum absolute atomic E-state index is 0.00280. The lowest BCUT2D eigenvalue weighted by Crippen LogP contribution is -2.34. The molecular weight excluding hydrogens is 341 g/mol. The van der Waals surface area contributed by atoms with E-state index in [-0.39, 0.29) is 43.3 Å². The third kappa shape index (κ3) is 3.69. The predicted octanol–water partition coefficient (Wildman–Crippen LogP) is 1.13. The Kier molecular flexibility index (Phi) is 4.55. The summed E-state index contributed by atoms with van der Waals surface area (Å²) in [4.78, 5) is 19.7. The van der Waals surface area contributed by atoms with E-state index in [2.05, 4.69) is 25.5 Å². The van der Waals surface area contributed by atoms with Crippen molar-refractivity contribution >= 4 is 5.91 Å². The van der Waals surface area contributed by atoms with Crippen molar-refractivity contribution in [3.8, 4) is 6.01 Å². The molecule has 2 aromatic rings. The Bertz CT molecular complexity index is 759. The number of halogens is 3. The summed E-state index contributed by atoms with van der Waals surface area (Å²) in [5.41, 5.74) is 0.201. The standard InChI is InChI=1S/C14H15F3N6O2/c1-25-13-19-4-8(5-20-13)12(24)18-6-11-22-21-10-3-2-9(7-23(10)11)14(15,16)17/h4-5,9H,2-3,6-7H2,1H3,(H,18,24)/t9-/m1/s1. The van der Waals surface area contributed by atoms with E-state index in [9.17, 15) is 18.0 Å². The van der Waals surface area contributed by atoms with Gasteiger partial charge in [0.1, 0.15) is 5.82 Å². The Balaban J connectivity index is 1.66. The molecule has 3 heterocycles. The smallest absolute Gasteiger partial charge is 0.393 e. The van der Waals surface area contributed by atoms with Gasteiger partial charge in [0.05, 0.1) is 25.1 Å². The predicted molar refractivity (Wildman–Crippen MR) is 77.6 cm³/mol. The lowest BCUT2D eigenvalue weighted by molar-refractivity contribution is -0.182. The highest BCUT2D eigenvalue weighted by Gasteiger charge is 2.42. The molecule has 25 heavy (non-hydrogen) atoms. The fraction of sp³-hybridized carbons (Fsp3) is 0.500. The Morgan fingerprint density at radius 1 is 1.36 bits per heavy atom. The van der Waals surface area contributed by atoms with E-state index in [1.54, 1.807) is 0 Å². The zero-order chi connectivity index (χ0) is 18.0. The molecule has 3 rings (SSSR count). The molecule has 2 aromatic heterocycles. The number of methoxy groups -OCH3 is 1. The van der Waals surface area contributed by atoms with E-state index in [0.717, 1.165) is 0 Å². The maximum absolute atomic E-state index is 12.9. The quantitative estimate of drug-likeness (QED) is 0.883. The average Bonchev–Trinajstić information content (AvgIpc) is 3.01. The minimum atomic E-state index is -4.26. The first-order valence-corrected chi connectivity index (χ1v) is 7.50. The van der Waals surface area contributed by atoms with Crippen molar-refractivity contribution in [2.45, 2.75) is 32.1 Å². The van der Waals surface area contributed by atoms with Gasteiger partial charge in [0.2, 0.25) is 0 Å². The highest BCUT2D eigenvalue weighted by molar-refractivity contribution is 5.93. The molecule has 0 spiro atoms. The molecule has 0 aromatic carbocycles. The normalized spacial score (nSPS) is 17.0. The number of hydrogen-bond acceptors (Lipinski definition) is 6. The third-order valence-corrected chi connectivity index (χ3v) is 3.97. The van der Waals surface area contributed by atoms with Crippen LogP contribution < -0.4 is 10.1 Å². The molecule has 134 valence electrons. The molecule has 1 N–H and O–H groups in total. The Labute approximate surface area is 140 Å². The van der Waals surface area contributed by atoms with E-state index >= 15 is 0 Å². The van der Waals surface area contributed by atoms with Gasteiger partial charge in [-0.2, -0.15) is 13.2 Å². The van der Waals surface area contributed by atoms with E-state index < -0.39 is 18.0 Å². The maximum Gasteiger partial charge on any atom is 0.393 e. The number of aromatic nitrogens is 5. The van der Waals surface area contributed by atoms with Crippen molar-refractivity contribution in [2.75, 3.05) is 7.11 Å². The second kappa shape index (κ2) is 6.65. The molecule has 0 aliphatic carbocycles. The Hall–Kier alpha value is -2.72. The zero-order valence-corrected chi connectivity index (χ0v) is 13.2. The highest BCUT2D eigenvalue weighted by atomic mass is 19.4. The number of alkyl halides is 3. The number of fused-ring (bicyclic) bond motifs is 1. The van der Waals surface area contributed by atoms with Crippen LogP contribution in [0.3, 0.4) is 0 Å². The van der Waals surface area contributed by atoms with Gasteiger partial charge in [0, 0.05) is 25.4 Å². The summed E-state index contributed by atoms with van der Waals surface area (Å²) in [5, 5.41) is 10.4. The number of carbonyl (C=O) groups is 1. The van der Waals surface area contributed by atoms with Crippen LogP contribution in [0.4, 0.5) is 13.2 Å². The fourth-order valence-corrected chi connectivity index (χ4v) is 2.58. The number of nitrogens with one attached hydrogen (secondary N) is 1. The number of ether oxygens (including phenoxy) is 1. The van der Waals surface area contributed by atoms with Crippen molar-refractivity contribution in [1.82, 2.24) is 30.0 Å². The third-order valence-electron chi connectivity index (χ3n) is 3.97. The molecule has 0 unspecified atom stereocenters. The van der Waals surface area contributed by atoms with Crippen molar-refractivity contribution < 1.29 is 22.7 Å². The first-order valence-electron chi connectivity index (χ1n) is 7.50. The van der Waals surface area contributed by atoms with Crippen LogP contribution in [0.15, 0.2) is 12.4 Å². The molecule has 0 bridgehead atoms. The topological polar surface area (TPSA) is 94.8 Å². The minimum Gasteiger partial charge on any atom is -0.467 e. The monoisotopic (exact) mass is 356 g/mol. The lowest BCUT2D eigenvalue weighted by Gasteiger charge is -2.26. The van der Waals surface area contributed by atoms with Crippen LogP contribution in [0.25, 0.3) is 0 Å². The van der Waals surface area contributed by atoms with Crippen molar-refractivity contribution in [2.24, 2.45) is 5.92 Å². The first kappa shape index (κ1) is 17.1. The van der Waals surface area contributed by atoms with Crippen LogP contribution in [0, 0.1) is 5.92 Å². The van der Waals surface area contributed by atoms with Crippen LogP contribution >= 0.6 is 0 Å². The molecule has 1 atom stereocenters. The summed E-state index contributed by atoms with van der Waals surface area (Å²) < 4.78 is 45.0. The first-order chi connectivity index (χ1) is 11.9. The van der Waals surface area contributed by atoms with Gasteiger partial charge in [-0.25, -0.2) is 9.97 Å². The van der Waals surface area contributed by atoms with Crippen LogP contribution in [0.2, 0.25) is 0 Å². The Morgan fingerprint density at radius 3 is 2.72 bits per heavy atom. The fourth-order valence-electron chi connectivity index (χ4n) is 2.58. The van der Waals surface area contributed by atoms with Crippen molar-refractivity contribution in [3.63, 3.8) is 0 Å².